The molecule has 0 radical (unpaired) electrons. The zero-order chi connectivity index (χ0) is 35.0. The van der Waals surface area contributed by atoms with Crippen LogP contribution >= 0.6 is 11.6 Å². The summed E-state index contributed by atoms with van der Waals surface area (Å²) < 4.78 is 35.1. The highest BCUT2D eigenvalue weighted by Gasteiger charge is 2.36. The van der Waals surface area contributed by atoms with Gasteiger partial charge in [0.25, 0.3) is 15.7 Å². The van der Waals surface area contributed by atoms with Gasteiger partial charge in [0.2, 0.25) is 11.8 Å². The minimum atomic E-state index is -4.66. The van der Waals surface area contributed by atoms with Crippen molar-refractivity contribution in [3.05, 3.63) is 128 Å². The first-order valence-corrected chi connectivity index (χ1v) is 17.0. The molecule has 0 aliphatic rings. The summed E-state index contributed by atoms with van der Waals surface area (Å²) in [6.45, 7) is 4.71. The summed E-state index contributed by atoms with van der Waals surface area (Å²) in [6, 6.07) is 23.4. The Kier molecular flexibility index (Phi) is 11.8. The number of sulfonamides is 1. The maximum Gasteiger partial charge on any atom is 0.273 e. The van der Waals surface area contributed by atoms with Crippen LogP contribution < -0.4 is 14.4 Å². The molecule has 252 valence electrons. The molecule has 11 nitrogen and oxygen atoms in total. The third kappa shape index (κ3) is 8.50. The van der Waals surface area contributed by atoms with Gasteiger partial charge in [-0.3, -0.25) is 24.0 Å². The first-order chi connectivity index (χ1) is 22.8. The number of halogens is 1. The number of hydrogen-bond donors (Lipinski definition) is 1. The number of hydrogen-bond acceptors (Lipinski definition) is 7. The van der Waals surface area contributed by atoms with Gasteiger partial charge in [0, 0.05) is 36.2 Å². The van der Waals surface area contributed by atoms with Gasteiger partial charge in [0.1, 0.15) is 18.3 Å². The molecule has 0 saturated heterocycles. The zero-order valence-electron chi connectivity index (χ0n) is 27.1. The number of likely N-dealkylation sites (N-methyl/N-ethyl adjacent to an activating group) is 1. The van der Waals surface area contributed by atoms with Crippen LogP contribution in [0.4, 0.5) is 11.4 Å². The summed E-state index contributed by atoms with van der Waals surface area (Å²) in [5.41, 5.74) is 2.31. The number of anilines is 1. The maximum absolute atomic E-state index is 14.6. The summed E-state index contributed by atoms with van der Waals surface area (Å²) in [5, 5.41) is 14.7. The molecule has 0 spiro atoms. The molecule has 0 heterocycles. The van der Waals surface area contributed by atoms with Gasteiger partial charge in [-0.15, -0.1) is 0 Å². The van der Waals surface area contributed by atoms with Crippen LogP contribution in [0, 0.1) is 24.0 Å². The van der Waals surface area contributed by atoms with Crippen LogP contribution in [0.3, 0.4) is 0 Å². The minimum Gasteiger partial charge on any atom is -0.495 e. The first-order valence-electron chi connectivity index (χ1n) is 15.1. The Hall–Kier alpha value is -4.94. The standard InChI is InChI=1S/C35H37ClN4O7S/c1-5-37-35(42)32(19-26-9-7-6-8-10-26)38(22-27-14-11-24(2)12-15-27)34(41)23-39(31-20-28(36)16-18-33(31)47-4)48(45,46)29-17-13-25(3)30(21-29)40(43)44/h6-18,20-21,32H,5,19,22-23H2,1-4H3,(H,37,42)/t32-/m0/s1. The fraction of sp³-hybridized carbons (Fsp3) is 0.257. The number of nitro benzene ring substituents is 1. The second-order valence-corrected chi connectivity index (χ2v) is 13.4. The van der Waals surface area contributed by atoms with Gasteiger partial charge in [-0.2, -0.15) is 0 Å². The Bertz CT molecular complexity index is 1890. The van der Waals surface area contributed by atoms with Crippen LogP contribution in [0.1, 0.15) is 29.2 Å². The largest absolute Gasteiger partial charge is 0.495 e. The van der Waals surface area contributed by atoms with Crippen molar-refractivity contribution in [1.82, 2.24) is 10.2 Å². The van der Waals surface area contributed by atoms with Crippen molar-refractivity contribution < 1.29 is 27.7 Å². The molecule has 0 aromatic heterocycles. The Labute approximate surface area is 285 Å². The lowest BCUT2D eigenvalue weighted by Gasteiger charge is -2.34. The molecule has 0 saturated carbocycles. The summed E-state index contributed by atoms with van der Waals surface area (Å²) in [4.78, 5) is 40.3. The highest BCUT2D eigenvalue weighted by atomic mass is 35.5. The molecule has 1 N–H and O–H groups in total. The maximum atomic E-state index is 14.6. The number of carbonyl (C=O) groups excluding carboxylic acids is 2. The molecule has 1 atom stereocenters. The molecule has 2 amide bonds. The van der Waals surface area contributed by atoms with E-state index in [9.17, 15) is 28.1 Å². The normalized spacial score (nSPS) is 11.8. The van der Waals surface area contributed by atoms with Crippen molar-refractivity contribution in [2.75, 3.05) is 24.5 Å². The molecule has 4 aromatic carbocycles. The molecule has 13 heteroatoms. The third-order valence-electron chi connectivity index (χ3n) is 7.75. The van der Waals surface area contributed by atoms with E-state index in [1.54, 1.807) is 6.92 Å². The van der Waals surface area contributed by atoms with Crippen LogP contribution in [0.5, 0.6) is 5.75 Å². The van der Waals surface area contributed by atoms with Gasteiger partial charge in [-0.1, -0.05) is 77.8 Å². The average Bonchev–Trinajstić information content (AvgIpc) is 3.06. The molecule has 0 bridgehead atoms. The smallest absolute Gasteiger partial charge is 0.273 e. The molecule has 4 rings (SSSR count). The van der Waals surface area contributed by atoms with E-state index in [0.717, 1.165) is 27.1 Å². The van der Waals surface area contributed by atoms with E-state index in [-0.39, 0.29) is 35.0 Å². The predicted octanol–water partition coefficient (Wildman–Crippen LogP) is 5.85. The lowest BCUT2D eigenvalue weighted by atomic mass is 10.0. The first kappa shape index (κ1) is 35.9. The van der Waals surface area contributed by atoms with E-state index in [2.05, 4.69) is 5.32 Å². The molecule has 0 aliphatic carbocycles. The van der Waals surface area contributed by atoms with Crippen LogP contribution in [-0.4, -0.2) is 56.3 Å². The topological polar surface area (TPSA) is 139 Å². The number of ether oxygens (including phenoxy) is 1. The number of nitro groups is 1. The van der Waals surface area contributed by atoms with Crippen molar-refractivity contribution in [2.45, 2.75) is 44.7 Å². The van der Waals surface area contributed by atoms with Gasteiger partial charge in [0.15, 0.2) is 0 Å². The Balaban J connectivity index is 1.88. The van der Waals surface area contributed by atoms with Gasteiger partial charge >= 0.3 is 0 Å². The lowest BCUT2D eigenvalue weighted by Crippen LogP contribution is -2.53. The van der Waals surface area contributed by atoms with Crippen molar-refractivity contribution in [1.29, 1.82) is 0 Å². The molecule has 4 aromatic rings. The van der Waals surface area contributed by atoms with E-state index in [1.807, 2.05) is 61.5 Å². The molecular weight excluding hydrogens is 656 g/mol. The fourth-order valence-corrected chi connectivity index (χ4v) is 6.78. The molecule has 48 heavy (non-hydrogen) atoms. The second-order valence-electron chi connectivity index (χ2n) is 11.1. The Morgan fingerprint density at radius 3 is 2.27 bits per heavy atom. The van der Waals surface area contributed by atoms with Gasteiger partial charge in [-0.05, 0) is 56.2 Å². The van der Waals surface area contributed by atoms with Gasteiger partial charge in [0.05, 0.1) is 22.6 Å². The average molecular weight is 693 g/mol. The number of nitrogens with one attached hydrogen (secondary N) is 1. The number of methoxy groups -OCH3 is 1. The summed E-state index contributed by atoms with van der Waals surface area (Å²) in [6.07, 6.45) is 0.154. The summed E-state index contributed by atoms with van der Waals surface area (Å²) in [7, 11) is -3.32. The van der Waals surface area contributed by atoms with Crippen LogP contribution in [0.2, 0.25) is 5.02 Å². The Morgan fingerprint density at radius 1 is 0.958 bits per heavy atom. The quantitative estimate of drug-likeness (QED) is 0.129. The second kappa shape index (κ2) is 15.8. The fourth-order valence-electron chi connectivity index (χ4n) is 5.18. The third-order valence-corrected chi connectivity index (χ3v) is 9.74. The van der Waals surface area contributed by atoms with Crippen LogP contribution in [-0.2, 0) is 32.6 Å². The van der Waals surface area contributed by atoms with Gasteiger partial charge in [-0.25, -0.2) is 8.42 Å². The SMILES string of the molecule is CCNC(=O)[C@H](Cc1ccccc1)N(Cc1ccc(C)cc1)C(=O)CN(c1cc(Cl)ccc1OC)S(=O)(=O)c1ccc(C)c([N+](=O)[O-])c1. The molecule has 0 unspecified atom stereocenters. The van der Waals surface area contributed by atoms with E-state index < -0.39 is 49.9 Å². The molecular formula is C35H37ClN4O7S. The highest BCUT2D eigenvalue weighted by molar-refractivity contribution is 7.92. The van der Waals surface area contributed by atoms with E-state index in [4.69, 9.17) is 16.3 Å². The summed E-state index contributed by atoms with van der Waals surface area (Å²) in [5.74, 6) is -1.02. The lowest BCUT2D eigenvalue weighted by molar-refractivity contribution is -0.385. The monoisotopic (exact) mass is 692 g/mol. The summed E-state index contributed by atoms with van der Waals surface area (Å²) >= 11 is 6.32. The number of aryl methyl sites for hydroxylation is 2. The van der Waals surface area contributed by atoms with E-state index >= 15 is 0 Å². The van der Waals surface area contributed by atoms with Crippen LogP contribution in [0.25, 0.3) is 0 Å². The number of benzene rings is 4. The Morgan fingerprint density at radius 2 is 1.65 bits per heavy atom. The van der Waals surface area contributed by atoms with E-state index in [0.29, 0.717) is 6.54 Å². The van der Waals surface area contributed by atoms with Crippen molar-refractivity contribution in [3.63, 3.8) is 0 Å². The van der Waals surface area contributed by atoms with Crippen LogP contribution in [0.15, 0.2) is 95.9 Å². The number of carbonyl (C=O) groups is 2. The van der Waals surface area contributed by atoms with Crippen molar-refractivity contribution in [2.24, 2.45) is 0 Å². The van der Waals surface area contributed by atoms with Crippen molar-refractivity contribution >= 4 is 44.8 Å². The zero-order valence-corrected chi connectivity index (χ0v) is 28.6. The number of rotatable bonds is 14. The number of amides is 2. The van der Waals surface area contributed by atoms with E-state index in [1.165, 1.54) is 49.3 Å². The van der Waals surface area contributed by atoms with Gasteiger partial charge < -0.3 is 15.0 Å². The highest BCUT2D eigenvalue weighted by Crippen LogP contribution is 2.36. The minimum absolute atomic E-state index is 0.00960. The molecule has 0 aliphatic heterocycles. The van der Waals surface area contributed by atoms with Crippen molar-refractivity contribution in [3.8, 4) is 5.75 Å². The molecule has 0 fully saturated rings. The number of nitrogens with zero attached hydrogens (tertiary/aromatic N) is 3. The predicted molar refractivity (Wildman–Crippen MR) is 185 cm³/mol.